The maximum absolute atomic E-state index is 10.9. The molecule has 0 aliphatic carbocycles. The predicted octanol–water partition coefficient (Wildman–Crippen LogP) is 4.79. The molecule has 0 bridgehead atoms. The van der Waals surface area contributed by atoms with Gasteiger partial charge in [-0.15, -0.1) is 0 Å². The summed E-state index contributed by atoms with van der Waals surface area (Å²) in [6.45, 7) is 6.40. The Kier molecular flexibility index (Phi) is 4.08. The van der Waals surface area contributed by atoms with Crippen molar-refractivity contribution in [1.82, 2.24) is 4.98 Å². The van der Waals surface area contributed by atoms with Gasteiger partial charge in [0.1, 0.15) is 11.3 Å². The number of fused-ring (bicyclic) bond motifs is 1. The standard InChI is InChI=1S/C18H19N3O4/c1-18(2,3)11-5-8-15-14(9-11)20-17(25-15)19-13-7-6-12(21(22)23)10-16(13)24-4/h5-10H,1-4H3,(H,19,20). The molecule has 1 aromatic heterocycles. The number of anilines is 2. The van der Waals surface area contributed by atoms with Crippen molar-refractivity contribution >= 4 is 28.5 Å². The van der Waals surface area contributed by atoms with Crippen LogP contribution in [0, 0.1) is 10.1 Å². The summed E-state index contributed by atoms with van der Waals surface area (Å²) in [5, 5.41) is 13.9. The van der Waals surface area contributed by atoms with Gasteiger partial charge in [-0.2, -0.15) is 4.98 Å². The second-order valence-electron chi connectivity index (χ2n) is 6.72. The average Bonchev–Trinajstić information content (AvgIpc) is 2.95. The Morgan fingerprint density at radius 2 is 1.96 bits per heavy atom. The van der Waals surface area contributed by atoms with Crippen molar-refractivity contribution in [3.8, 4) is 5.75 Å². The number of aromatic nitrogens is 1. The summed E-state index contributed by atoms with van der Waals surface area (Å²) >= 11 is 0. The van der Waals surface area contributed by atoms with E-state index in [9.17, 15) is 10.1 Å². The van der Waals surface area contributed by atoms with Crippen LogP contribution in [-0.2, 0) is 5.41 Å². The molecule has 3 aromatic rings. The van der Waals surface area contributed by atoms with E-state index in [1.165, 1.54) is 19.2 Å². The van der Waals surface area contributed by atoms with Crippen LogP contribution < -0.4 is 10.1 Å². The number of nitrogens with zero attached hydrogens (tertiary/aromatic N) is 2. The van der Waals surface area contributed by atoms with Crippen molar-refractivity contribution in [2.45, 2.75) is 26.2 Å². The molecule has 1 heterocycles. The van der Waals surface area contributed by atoms with E-state index in [1.807, 2.05) is 18.2 Å². The van der Waals surface area contributed by atoms with Gasteiger partial charge < -0.3 is 14.5 Å². The maximum atomic E-state index is 10.9. The predicted molar refractivity (Wildman–Crippen MR) is 95.6 cm³/mol. The van der Waals surface area contributed by atoms with Crippen LogP contribution in [0.2, 0.25) is 0 Å². The summed E-state index contributed by atoms with van der Waals surface area (Å²) in [6.07, 6.45) is 0. The molecular formula is C18H19N3O4. The van der Waals surface area contributed by atoms with Crippen molar-refractivity contribution in [2.75, 3.05) is 12.4 Å². The Morgan fingerprint density at radius 3 is 2.60 bits per heavy atom. The van der Waals surface area contributed by atoms with E-state index in [0.717, 1.165) is 11.1 Å². The molecule has 1 N–H and O–H groups in total. The topological polar surface area (TPSA) is 90.4 Å². The highest BCUT2D eigenvalue weighted by atomic mass is 16.6. The second kappa shape index (κ2) is 6.08. The monoisotopic (exact) mass is 341 g/mol. The quantitative estimate of drug-likeness (QED) is 0.542. The first kappa shape index (κ1) is 16.8. The van der Waals surface area contributed by atoms with Crippen LogP contribution in [0.1, 0.15) is 26.3 Å². The fourth-order valence-corrected chi connectivity index (χ4v) is 2.46. The van der Waals surface area contributed by atoms with E-state index in [0.29, 0.717) is 23.0 Å². The number of hydrogen-bond acceptors (Lipinski definition) is 6. The highest BCUT2D eigenvalue weighted by Gasteiger charge is 2.17. The normalized spacial score (nSPS) is 11.5. The minimum Gasteiger partial charge on any atom is -0.494 e. The third kappa shape index (κ3) is 3.40. The molecule has 0 unspecified atom stereocenters. The zero-order valence-corrected chi connectivity index (χ0v) is 14.5. The highest BCUT2D eigenvalue weighted by molar-refractivity contribution is 5.77. The molecule has 0 spiro atoms. The second-order valence-corrected chi connectivity index (χ2v) is 6.72. The van der Waals surface area contributed by atoms with Gasteiger partial charge in [0.25, 0.3) is 11.7 Å². The lowest BCUT2D eigenvalue weighted by atomic mass is 9.87. The van der Waals surface area contributed by atoms with Gasteiger partial charge in [0.2, 0.25) is 0 Å². The van der Waals surface area contributed by atoms with Gasteiger partial charge in [0.15, 0.2) is 5.58 Å². The molecule has 2 aromatic carbocycles. The zero-order valence-electron chi connectivity index (χ0n) is 14.5. The number of rotatable bonds is 4. The molecule has 130 valence electrons. The van der Waals surface area contributed by atoms with Crippen molar-refractivity contribution in [1.29, 1.82) is 0 Å². The smallest absolute Gasteiger partial charge is 0.300 e. The third-order valence-electron chi connectivity index (χ3n) is 3.89. The Hall–Kier alpha value is -3.09. The van der Waals surface area contributed by atoms with Crippen LogP contribution in [-0.4, -0.2) is 17.0 Å². The minimum atomic E-state index is -0.472. The lowest BCUT2D eigenvalue weighted by Gasteiger charge is -2.18. The van der Waals surface area contributed by atoms with Crippen LogP contribution in [0.5, 0.6) is 5.75 Å². The largest absolute Gasteiger partial charge is 0.494 e. The summed E-state index contributed by atoms with van der Waals surface area (Å²) < 4.78 is 10.9. The van der Waals surface area contributed by atoms with Gasteiger partial charge in [-0.3, -0.25) is 10.1 Å². The Morgan fingerprint density at radius 1 is 1.20 bits per heavy atom. The van der Waals surface area contributed by atoms with Crippen LogP contribution in [0.3, 0.4) is 0 Å². The lowest BCUT2D eigenvalue weighted by molar-refractivity contribution is -0.384. The molecule has 0 saturated carbocycles. The molecule has 0 aliphatic rings. The zero-order chi connectivity index (χ0) is 18.2. The minimum absolute atomic E-state index is 0.0162. The molecule has 3 rings (SSSR count). The Balaban J connectivity index is 1.94. The lowest BCUT2D eigenvalue weighted by Crippen LogP contribution is -2.10. The molecule has 0 atom stereocenters. The van der Waals surface area contributed by atoms with E-state index in [-0.39, 0.29) is 11.1 Å². The SMILES string of the molecule is COc1cc([N+](=O)[O-])ccc1Nc1nc2cc(C(C)(C)C)ccc2o1. The van der Waals surface area contributed by atoms with Gasteiger partial charge in [-0.25, -0.2) is 0 Å². The van der Waals surface area contributed by atoms with Gasteiger partial charge >= 0.3 is 0 Å². The summed E-state index contributed by atoms with van der Waals surface area (Å²) in [6, 6.07) is 10.5. The molecule has 0 radical (unpaired) electrons. The Bertz CT molecular complexity index is 941. The van der Waals surface area contributed by atoms with Crippen molar-refractivity contribution in [2.24, 2.45) is 0 Å². The number of nitro groups is 1. The van der Waals surface area contributed by atoms with Crippen molar-refractivity contribution in [3.05, 3.63) is 52.1 Å². The van der Waals surface area contributed by atoms with Gasteiger partial charge in [-0.05, 0) is 29.2 Å². The highest BCUT2D eigenvalue weighted by Crippen LogP contribution is 2.33. The third-order valence-corrected chi connectivity index (χ3v) is 3.89. The number of benzene rings is 2. The van der Waals surface area contributed by atoms with Crippen LogP contribution in [0.25, 0.3) is 11.1 Å². The molecule has 7 nitrogen and oxygen atoms in total. The van der Waals surface area contributed by atoms with E-state index < -0.39 is 4.92 Å². The first-order valence-electron chi connectivity index (χ1n) is 7.78. The van der Waals surface area contributed by atoms with E-state index >= 15 is 0 Å². The summed E-state index contributed by atoms with van der Waals surface area (Å²) in [5.41, 5.74) is 3.08. The number of non-ortho nitro benzene ring substituents is 1. The van der Waals surface area contributed by atoms with Crippen molar-refractivity contribution < 1.29 is 14.1 Å². The number of ether oxygens (including phenoxy) is 1. The number of methoxy groups -OCH3 is 1. The molecule has 7 heteroatoms. The number of nitro benzene ring substituents is 1. The molecule has 0 aliphatic heterocycles. The molecule has 0 amide bonds. The fourth-order valence-electron chi connectivity index (χ4n) is 2.46. The summed E-state index contributed by atoms with van der Waals surface area (Å²) in [4.78, 5) is 14.8. The molecule has 0 fully saturated rings. The van der Waals surface area contributed by atoms with E-state index in [1.54, 1.807) is 6.07 Å². The number of oxazole rings is 1. The van der Waals surface area contributed by atoms with Crippen LogP contribution >= 0.6 is 0 Å². The van der Waals surface area contributed by atoms with Gasteiger partial charge in [0, 0.05) is 6.07 Å². The van der Waals surface area contributed by atoms with Crippen LogP contribution in [0.4, 0.5) is 17.4 Å². The number of nitrogens with one attached hydrogen (secondary N) is 1. The Labute approximate surface area is 144 Å². The van der Waals surface area contributed by atoms with Crippen molar-refractivity contribution in [3.63, 3.8) is 0 Å². The van der Waals surface area contributed by atoms with E-state index in [4.69, 9.17) is 9.15 Å². The van der Waals surface area contributed by atoms with Crippen LogP contribution in [0.15, 0.2) is 40.8 Å². The summed E-state index contributed by atoms with van der Waals surface area (Å²) in [7, 11) is 1.45. The maximum Gasteiger partial charge on any atom is 0.300 e. The van der Waals surface area contributed by atoms with Gasteiger partial charge in [-0.1, -0.05) is 26.8 Å². The average molecular weight is 341 g/mol. The fraction of sp³-hybridized carbons (Fsp3) is 0.278. The molecular weight excluding hydrogens is 322 g/mol. The first-order valence-corrected chi connectivity index (χ1v) is 7.78. The molecule has 0 saturated heterocycles. The first-order chi connectivity index (χ1) is 11.8. The van der Waals surface area contributed by atoms with E-state index in [2.05, 4.69) is 31.1 Å². The number of hydrogen-bond donors (Lipinski definition) is 1. The summed E-state index contributed by atoms with van der Waals surface area (Å²) in [5.74, 6) is 0.340. The van der Waals surface area contributed by atoms with Gasteiger partial charge in [0.05, 0.1) is 23.8 Å². The molecule has 25 heavy (non-hydrogen) atoms.